The van der Waals surface area contributed by atoms with Gasteiger partial charge in [-0.2, -0.15) is 5.10 Å². The van der Waals surface area contributed by atoms with E-state index in [0.29, 0.717) is 22.5 Å². The standard InChI is InChI=1S/C17H16N4O4/c1-11(14-4-3-5-16(10-14)21(24)25)19-20-17(23)13-6-8-15(9-7-13)18-12(2)22/h3-10H,1-2H3,(H,18,22)(H,20,23). The summed E-state index contributed by atoms with van der Waals surface area (Å²) in [6.07, 6.45) is 0. The molecular formula is C17H16N4O4. The Kier molecular flexibility index (Phi) is 5.57. The number of benzene rings is 2. The number of hydrazone groups is 1. The first-order valence-electron chi connectivity index (χ1n) is 7.34. The number of anilines is 1. The van der Waals surface area contributed by atoms with Gasteiger partial charge in [0.1, 0.15) is 0 Å². The summed E-state index contributed by atoms with van der Waals surface area (Å²) in [7, 11) is 0. The number of carbonyl (C=O) groups excluding carboxylic acids is 2. The number of non-ortho nitro benzene ring substituents is 1. The van der Waals surface area contributed by atoms with Crippen LogP contribution in [0.4, 0.5) is 11.4 Å². The minimum atomic E-state index is -0.494. The second-order valence-corrected chi connectivity index (χ2v) is 5.20. The molecular weight excluding hydrogens is 324 g/mol. The molecule has 8 heteroatoms. The van der Waals surface area contributed by atoms with Gasteiger partial charge in [0.25, 0.3) is 11.6 Å². The summed E-state index contributed by atoms with van der Waals surface area (Å²) in [6.45, 7) is 3.03. The summed E-state index contributed by atoms with van der Waals surface area (Å²) in [6, 6.07) is 12.3. The molecule has 0 unspecified atom stereocenters. The molecule has 0 aliphatic rings. The van der Waals surface area contributed by atoms with Crippen molar-refractivity contribution in [1.29, 1.82) is 0 Å². The molecule has 0 fully saturated rings. The molecule has 0 saturated carbocycles. The van der Waals surface area contributed by atoms with Crippen molar-refractivity contribution >= 4 is 28.9 Å². The Bertz CT molecular complexity index is 844. The Morgan fingerprint density at radius 1 is 1.04 bits per heavy atom. The molecule has 8 nitrogen and oxygen atoms in total. The van der Waals surface area contributed by atoms with Crippen LogP contribution in [0.25, 0.3) is 0 Å². The maximum Gasteiger partial charge on any atom is 0.271 e. The molecule has 0 aliphatic carbocycles. The molecule has 0 saturated heterocycles. The van der Waals surface area contributed by atoms with Gasteiger partial charge in [0, 0.05) is 35.9 Å². The third-order valence-electron chi connectivity index (χ3n) is 3.27. The predicted octanol–water partition coefficient (Wildman–Crippen LogP) is 2.71. The highest BCUT2D eigenvalue weighted by Gasteiger charge is 2.09. The lowest BCUT2D eigenvalue weighted by Gasteiger charge is -2.05. The lowest BCUT2D eigenvalue weighted by atomic mass is 10.1. The number of nitrogens with one attached hydrogen (secondary N) is 2. The largest absolute Gasteiger partial charge is 0.326 e. The van der Waals surface area contributed by atoms with Crippen LogP contribution in [-0.2, 0) is 4.79 Å². The van der Waals surface area contributed by atoms with Crippen LogP contribution in [0.15, 0.2) is 53.6 Å². The minimum Gasteiger partial charge on any atom is -0.326 e. The van der Waals surface area contributed by atoms with Gasteiger partial charge < -0.3 is 5.32 Å². The molecule has 25 heavy (non-hydrogen) atoms. The quantitative estimate of drug-likeness (QED) is 0.495. The Balaban J connectivity index is 2.07. The highest BCUT2D eigenvalue weighted by Crippen LogP contribution is 2.14. The van der Waals surface area contributed by atoms with E-state index in [0.717, 1.165) is 0 Å². The number of carbonyl (C=O) groups is 2. The monoisotopic (exact) mass is 340 g/mol. The van der Waals surface area contributed by atoms with Crippen LogP contribution in [0.2, 0.25) is 0 Å². The zero-order valence-electron chi connectivity index (χ0n) is 13.6. The second kappa shape index (κ2) is 7.82. The number of nitro groups is 1. The third kappa shape index (κ3) is 4.96. The molecule has 0 atom stereocenters. The average molecular weight is 340 g/mol. The molecule has 128 valence electrons. The summed E-state index contributed by atoms with van der Waals surface area (Å²) >= 11 is 0. The van der Waals surface area contributed by atoms with E-state index < -0.39 is 10.8 Å². The van der Waals surface area contributed by atoms with Crippen molar-refractivity contribution in [3.63, 3.8) is 0 Å². The van der Waals surface area contributed by atoms with E-state index in [-0.39, 0.29) is 11.6 Å². The van der Waals surface area contributed by atoms with Gasteiger partial charge in [-0.1, -0.05) is 12.1 Å². The van der Waals surface area contributed by atoms with E-state index in [2.05, 4.69) is 15.8 Å². The molecule has 2 aromatic carbocycles. The molecule has 0 aliphatic heterocycles. The highest BCUT2D eigenvalue weighted by atomic mass is 16.6. The Morgan fingerprint density at radius 3 is 2.32 bits per heavy atom. The molecule has 0 bridgehead atoms. The topological polar surface area (TPSA) is 114 Å². The van der Waals surface area contributed by atoms with Crippen LogP contribution in [0.1, 0.15) is 29.8 Å². The molecule has 2 aromatic rings. The summed E-state index contributed by atoms with van der Waals surface area (Å²) in [4.78, 5) is 33.3. The molecule has 2 amide bonds. The predicted molar refractivity (Wildman–Crippen MR) is 93.5 cm³/mol. The molecule has 2 N–H and O–H groups in total. The van der Waals surface area contributed by atoms with E-state index >= 15 is 0 Å². The molecule has 0 heterocycles. The van der Waals surface area contributed by atoms with E-state index in [4.69, 9.17) is 0 Å². The van der Waals surface area contributed by atoms with Crippen molar-refractivity contribution in [2.45, 2.75) is 13.8 Å². The van der Waals surface area contributed by atoms with Crippen LogP contribution in [0, 0.1) is 10.1 Å². The zero-order chi connectivity index (χ0) is 18.4. The van der Waals surface area contributed by atoms with Crippen molar-refractivity contribution in [3.05, 3.63) is 69.8 Å². The van der Waals surface area contributed by atoms with Crippen LogP contribution in [0.3, 0.4) is 0 Å². The summed E-state index contributed by atoms with van der Waals surface area (Å²) in [5.41, 5.74) is 4.27. The van der Waals surface area contributed by atoms with E-state index in [9.17, 15) is 19.7 Å². The summed E-state index contributed by atoms with van der Waals surface area (Å²) in [5.74, 6) is -0.631. The van der Waals surface area contributed by atoms with Gasteiger partial charge in [-0.25, -0.2) is 5.43 Å². The van der Waals surface area contributed by atoms with Gasteiger partial charge in [-0.3, -0.25) is 19.7 Å². The SMILES string of the molecule is CC(=O)Nc1ccc(C(=O)NN=C(C)c2cccc([N+](=O)[O-])c2)cc1. The fourth-order valence-corrected chi connectivity index (χ4v) is 2.02. The van der Waals surface area contributed by atoms with Crippen molar-refractivity contribution in [3.8, 4) is 0 Å². The van der Waals surface area contributed by atoms with E-state index in [1.54, 1.807) is 43.3 Å². The Hall–Kier alpha value is -3.55. The van der Waals surface area contributed by atoms with Gasteiger partial charge in [0.15, 0.2) is 0 Å². The lowest BCUT2D eigenvalue weighted by molar-refractivity contribution is -0.384. The first kappa shape index (κ1) is 17.8. The van der Waals surface area contributed by atoms with E-state index in [1.807, 2.05) is 0 Å². The van der Waals surface area contributed by atoms with Crippen LogP contribution >= 0.6 is 0 Å². The number of hydrogen-bond donors (Lipinski definition) is 2. The fraction of sp³-hybridized carbons (Fsp3) is 0.118. The zero-order valence-corrected chi connectivity index (χ0v) is 13.6. The maximum absolute atomic E-state index is 12.1. The van der Waals surface area contributed by atoms with Gasteiger partial charge >= 0.3 is 0 Å². The molecule has 0 radical (unpaired) electrons. The summed E-state index contributed by atoms with van der Waals surface area (Å²) in [5, 5.41) is 17.4. The highest BCUT2D eigenvalue weighted by molar-refractivity contribution is 6.01. The van der Waals surface area contributed by atoms with Gasteiger partial charge in [0.2, 0.25) is 5.91 Å². The number of nitrogens with zero attached hydrogens (tertiary/aromatic N) is 2. The number of rotatable bonds is 5. The average Bonchev–Trinajstić information content (AvgIpc) is 2.59. The van der Waals surface area contributed by atoms with Crippen molar-refractivity contribution < 1.29 is 14.5 Å². The third-order valence-corrected chi connectivity index (χ3v) is 3.27. The fourth-order valence-electron chi connectivity index (χ4n) is 2.02. The van der Waals surface area contributed by atoms with Gasteiger partial charge in [0.05, 0.1) is 10.6 Å². The lowest BCUT2D eigenvalue weighted by Crippen LogP contribution is -2.19. The number of hydrogen-bond acceptors (Lipinski definition) is 5. The first-order valence-corrected chi connectivity index (χ1v) is 7.34. The minimum absolute atomic E-state index is 0.0491. The molecule has 2 rings (SSSR count). The van der Waals surface area contributed by atoms with Crippen LogP contribution < -0.4 is 10.7 Å². The van der Waals surface area contributed by atoms with Crippen molar-refractivity contribution in [2.75, 3.05) is 5.32 Å². The number of nitro benzene ring substituents is 1. The van der Waals surface area contributed by atoms with Gasteiger partial charge in [-0.05, 0) is 31.2 Å². The van der Waals surface area contributed by atoms with Crippen LogP contribution in [-0.4, -0.2) is 22.4 Å². The smallest absolute Gasteiger partial charge is 0.271 e. The van der Waals surface area contributed by atoms with E-state index in [1.165, 1.54) is 19.1 Å². The number of amides is 2. The summed E-state index contributed by atoms with van der Waals surface area (Å²) < 4.78 is 0. The molecule has 0 spiro atoms. The normalized spacial score (nSPS) is 10.9. The first-order chi connectivity index (χ1) is 11.9. The van der Waals surface area contributed by atoms with Crippen molar-refractivity contribution in [2.24, 2.45) is 5.10 Å². The molecule has 0 aromatic heterocycles. The maximum atomic E-state index is 12.1. The Labute approximate surface area is 143 Å². The van der Waals surface area contributed by atoms with Crippen molar-refractivity contribution in [1.82, 2.24) is 5.43 Å². The Morgan fingerprint density at radius 2 is 1.72 bits per heavy atom. The second-order valence-electron chi connectivity index (χ2n) is 5.20. The van der Waals surface area contributed by atoms with Crippen LogP contribution in [0.5, 0.6) is 0 Å². The van der Waals surface area contributed by atoms with Gasteiger partial charge in [-0.15, -0.1) is 0 Å².